The molecule has 2 rings (SSSR count). The van der Waals surface area contributed by atoms with Crippen LogP contribution in [0.4, 0.5) is 33.3 Å². The van der Waals surface area contributed by atoms with Gasteiger partial charge in [0.05, 0.1) is 17.9 Å². The molecule has 0 aliphatic carbocycles. The van der Waals surface area contributed by atoms with Crippen molar-refractivity contribution >= 4 is 33.4 Å². The number of carbonyl (C=O) groups excluding carboxylic acids is 1. The van der Waals surface area contributed by atoms with Crippen LogP contribution in [0.1, 0.15) is 43.0 Å². The smallest absolute Gasteiger partial charge is 0.385 e. The van der Waals surface area contributed by atoms with Gasteiger partial charge in [0.15, 0.2) is 11.6 Å². The van der Waals surface area contributed by atoms with Gasteiger partial charge in [-0.15, -0.1) is 0 Å². The molecule has 0 aliphatic rings. The third kappa shape index (κ3) is 7.72. The summed E-state index contributed by atoms with van der Waals surface area (Å²) in [6.07, 6.45) is -0.699. The highest BCUT2D eigenvalue weighted by Gasteiger charge is 2.30. The lowest BCUT2D eigenvalue weighted by atomic mass is 10.1. The first kappa shape index (κ1) is 27.1. The molecule has 0 saturated heterocycles. The average molecular weight is 506 g/mol. The number of benzene rings is 2. The van der Waals surface area contributed by atoms with Gasteiger partial charge in [-0.25, -0.2) is 17.2 Å². The summed E-state index contributed by atoms with van der Waals surface area (Å²) in [6, 6.07) is 3.98. The van der Waals surface area contributed by atoms with Crippen molar-refractivity contribution < 1.29 is 35.2 Å². The van der Waals surface area contributed by atoms with Gasteiger partial charge in [0.25, 0.3) is 0 Å². The number of alkyl halides is 3. The van der Waals surface area contributed by atoms with E-state index in [1.807, 2.05) is 6.92 Å². The maximum absolute atomic E-state index is 14.2. The van der Waals surface area contributed by atoms with E-state index in [1.165, 1.54) is 19.1 Å². The predicted molar refractivity (Wildman–Crippen MR) is 121 cm³/mol. The molecule has 2 aromatic rings. The molecule has 0 saturated carbocycles. The number of hydrogen-bond donors (Lipinski definition) is 3. The normalized spacial score (nSPS) is 13.1. The van der Waals surface area contributed by atoms with E-state index in [9.17, 15) is 35.2 Å². The molecule has 12 heteroatoms. The molecule has 186 valence electrons. The SMILES string of the molecule is CCCNc1cc(C(F)(F)F)ccc1/C=C\C(=O)N[C@H](C)c1cc(F)c(NS(C)(=O)=O)c(F)c1. The number of sulfonamides is 1. The van der Waals surface area contributed by atoms with Crippen LogP contribution in [0.15, 0.2) is 36.4 Å². The molecule has 34 heavy (non-hydrogen) atoms. The van der Waals surface area contributed by atoms with Gasteiger partial charge in [0, 0.05) is 18.3 Å². The van der Waals surface area contributed by atoms with E-state index in [4.69, 9.17) is 0 Å². The molecule has 6 nitrogen and oxygen atoms in total. The number of carbonyl (C=O) groups is 1. The van der Waals surface area contributed by atoms with Crippen LogP contribution >= 0.6 is 0 Å². The Labute approximate surface area is 194 Å². The van der Waals surface area contributed by atoms with Crippen molar-refractivity contribution in [3.8, 4) is 0 Å². The van der Waals surface area contributed by atoms with Crippen LogP contribution in [-0.4, -0.2) is 27.1 Å². The molecule has 0 aromatic heterocycles. The zero-order chi connectivity index (χ0) is 25.7. The summed E-state index contributed by atoms with van der Waals surface area (Å²) >= 11 is 0. The number of hydrogen-bond acceptors (Lipinski definition) is 4. The van der Waals surface area contributed by atoms with Crippen LogP contribution in [0.2, 0.25) is 0 Å². The lowest BCUT2D eigenvalue weighted by molar-refractivity contribution is -0.137. The second kappa shape index (κ2) is 10.9. The highest BCUT2D eigenvalue weighted by atomic mass is 32.2. The molecule has 1 atom stereocenters. The Balaban J connectivity index is 2.18. The largest absolute Gasteiger partial charge is 0.416 e. The van der Waals surface area contributed by atoms with Crippen molar-refractivity contribution in [2.45, 2.75) is 32.5 Å². The quantitative estimate of drug-likeness (QED) is 0.328. The molecule has 0 fully saturated rings. The van der Waals surface area contributed by atoms with Crippen molar-refractivity contribution in [3.63, 3.8) is 0 Å². The average Bonchev–Trinajstić information content (AvgIpc) is 2.72. The molecular weight excluding hydrogens is 481 g/mol. The highest BCUT2D eigenvalue weighted by molar-refractivity contribution is 7.92. The molecule has 0 unspecified atom stereocenters. The zero-order valence-corrected chi connectivity index (χ0v) is 19.4. The van der Waals surface area contributed by atoms with Gasteiger partial charge in [-0.2, -0.15) is 13.2 Å². The van der Waals surface area contributed by atoms with E-state index >= 15 is 0 Å². The standard InChI is InChI=1S/C22H24F5N3O3S/c1-4-9-28-19-12-16(22(25,26)27)7-5-14(19)6-8-20(31)29-13(2)15-10-17(23)21(18(24)11-15)30-34(3,32)33/h5-8,10-13,28,30H,4,9H2,1-3H3,(H,29,31)/b8-6-/t13-/m1/s1. The Morgan fingerprint density at radius 1 is 1.12 bits per heavy atom. The molecule has 3 N–H and O–H groups in total. The number of halogens is 5. The summed E-state index contributed by atoms with van der Waals surface area (Å²) in [5.74, 6) is -2.98. The maximum Gasteiger partial charge on any atom is 0.416 e. The topological polar surface area (TPSA) is 87.3 Å². The first-order chi connectivity index (χ1) is 15.7. The number of rotatable bonds is 9. The van der Waals surface area contributed by atoms with Crippen LogP contribution in [0, 0.1) is 11.6 Å². The number of amides is 1. The van der Waals surface area contributed by atoms with E-state index in [0.717, 1.165) is 36.6 Å². The van der Waals surface area contributed by atoms with Crippen molar-refractivity contribution in [1.82, 2.24) is 5.32 Å². The lowest BCUT2D eigenvalue weighted by Crippen LogP contribution is -2.25. The van der Waals surface area contributed by atoms with Gasteiger partial charge >= 0.3 is 6.18 Å². The summed E-state index contributed by atoms with van der Waals surface area (Å²) in [7, 11) is -3.90. The van der Waals surface area contributed by atoms with Crippen LogP contribution in [-0.2, 0) is 21.0 Å². The third-order valence-corrected chi connectivity index (χ3v) is 5.15. The second-order valence-electron chi connectivity index (χ2n) is 7.52. The van der Waals surface area contributed by atoms with Crippen molar-refractivity contribution in [3.05, 3.63) is 64.7 Å². The molecule has 2 aromatic carbocycles. The Morgan fingerprint density at radius 3 is 2.26 bits per heavy atom. The van der Waals surface area contributed by atoms with Crippen molar-refractivity contribution in [2.24, 2.45) is 0 Å². The Hall–Kier alpha value is -3.15. The first-order valence-electron chi connectivity index (χ1n) is 10.1. The number of nitrogens with one attached hydrogen (secondary N) is 3. The minimum Gasteiger partial charge on any atom is -0.385 e. The fraction of sp³-hybridized carbons (Fsp3) is 0.318. The first-order valence-corrected chi connectivity index (χ1v) is 12.0. The summed E-state index contributed by atoms with van der Waals surface area (Å²) in [4.78, 5) is 12.3. The van der Waals surface area contributed by atoms with Gasteiger partial charge in [0.1, 0.15) is 5.69 Å². The van der Waals surface area contributed by atoms with E-state index in [-0.39, 0.29) is 11.3 Å². The van der Waals surface area contributed by atoms with Crippen molar-refractivity contribution in [1.29, 1.82) is 0 Å². The Kier molecular flexibility index (Phi) is 8.65. The monoisotopic (exact) mass is 505 g/mol. The fourth-order valence-electron chi connectivity index (χ4n) is 2.93. The Morgan fingerprint density at radius 2 is 1.74 bits per heavy atom. The minimum absolute atomic E-state index is 0.0376. The molecule has 0 spiro atoms. The third-order valence-electron chi connectivity index (χ3n) is 4.57. The van der Waals surface area contributed by atoms with Crippen LogP contribution in [0.5, 0.6) is 0 Å². The summed E-state index contributed by atoms with van der Waals surface area (Å²) in [6.45, 7) is 3.73. The summed E-state index contributed by atoms with van der Waals surface area (Å²) < 4.78 is 91.6. The predicted octanol–water partition coefficient (Wildman–Crippen LogP) is 5.07. The number of anilines is 2. The van der Waals surface area contributed by atoms with Gasteiger partial charge in [0.2, 0.25) is 15.9 Å². The van der Waals surface area contributed by atoms with E-state index in [2.05, 4.69) is 10.6 Å². The van der Waals surface area contributed by atoms with Crippen LogP contribution < -0.4 is 15.4 Å². The van der Waals surface area contributed by atoms with Gasteiger partial charge < -0.3 is 10.6 Å². The van der Waals surface area contributed by atoms with E-state index < -0.39 is 51.0 Å². The van der Waals surface area contributed by atoms with E-state index in [1.54, 1.807) is 4.72 Å². The van der Waals surface area contributed by atoms with Crippen LogP contribution in [0.25, 0.3) is 6.08 Å². The van der Waals surface area contributed by atoms with Gasteiger partial charge in [-0.05, 0) is 54.8 Å². The van der Waals surface area contributed by atoms with Gasteiger partial charge in [-0.3, -0.25) is 9.52 Å². The fourth-order valence-corrected chi connectivity index (χ4v) is 3.49. The summed E-state index contributed by atoms with van der Waals surface area (Å²) in [5, 5.41) is 5.37. The second-order valence-corrected chi connectivity index (χ2v) is 9.27. The molecule has 0 heterocycles. The maximum atomic E-state index is 14.2. The lowest BCUT2D eigenvalue weighted by Gasteiger charge is -2.16. The Bertz CT molecular complexity index is 1160. The van der Waals surface area contributed by atoms with Crippen LogP contribution in [0.3, 0.4) is 0 Å². The molecule has 0 aliphatic heterocycles. The zero-order valence-electron chi connectivity index (χ0n) is 18.6. The van der Waals surface area contributed by atoms with E-state index in [0.29, 0.717) is 18.5 Å². The van der Waals surface area contributed by atoms with Gasteiger partial charge in [-0.1, -0.05) is 13.0 Å². The molecule has 0 bridgehead atoms. The highest BCUT2D eigenvalue weighted by Crippen LogP contribution is 2.32. The summed E-state index contributed by atoms with van der Waals surface area (Å²) in [5.41, 5.74) is -1.08. The van der Waals surface area contributed by atoms with Crippen molar-refractivity contribution in [2.75, 3.05) is 22.8 Å². The molecular formula is C22H24F5N3O3S. The minimum atomic E-state index is -4.52. The molecule has 0 radical (unpaired) electrons. The molecule has 1 amide bonds.